The third-order valence-corrected chi connectivity index (χ3v) is 6.16. The van der Waals surface area contributed by atoms with Gasteiger partial charge < -0.3 is 5.32 Å². The fourth-order valence-corrected chi connectivity index (χ4v) is 4.31. The Bertz CT molecular complexity index is 1080. The van der Waals surface area contributed by atoms with Crippen LogP contribution in [0.25, 0.3) is 0 Å². The van der Waals surface area contributed by atoms with Gasteiger partial charge in [-0.3, -0.25) is 9.48 Å². The zero-order valence-corrected chi connectivity index (χ0v) is 17.2. The van der Waals surface area contributed by atoms with Gasteiger partial charge in [-0.05, 0) is 37.0 Å². The molecule has 1 unspecified atom stereocenters. The number of carbonyl (C=O) groups is 1. The highest BCUT2D eigenvalue weighted by atomic mass is 32.2. The molecule has 3 rings (SSSR count). The molecule has 1 aliphatic rings. The van der Waals surface area contributed by atoms with Crippen LogP contribution in [0, 0.1) is 5.92 Å². The van der Waals surface area contributed by atoms with Crippen LogP contribution < -0.4 is 5.32 Å². The van der Waals surface area contributed by atoms with E-state index in [0.29, 0.717) is 12.6 Å². The van der Waals surface area contributed by atoms with Gasteiger partial charge in [-0.2, -0.15) is 18.3 Å². The smallest absolute Gasteiger partial charge is 0.321 e. The summed E-state index contributed by atoms with van der Waals surface area (Å²) in [5, 5.41) is 5.89. The van der Waals surface area contributed by atoms with Crippen molar-refractivity contribution < 1.29 is 35.2 Å². The number of hydrogen-bond acceptors (Lipinski definition) is 4. The van der Waals surface area contributed by atoms with Crippen LogP contribution in [-0.4, -0.2) is 36.3 Å². The van der Waals surface area contributed by atoms with Crippen molar-refractivity contribution in [2.45, 2.75) is 49.2 Å². The minimum absolute atomic E-state index is 0.0296. The number of aromatic nitrogens is 2. The Morgan fingerprint density at radius 1 is 1.32 bits per heavy atom. The third kappa shape index (κ3) is 5.60. The first kappa shape index (κ1) is 23.2. The van der Waals surface area contributed by atoms with E-state index in [1.807, 2.05) is 0 Å². The predicted molar refractivity (Wildman–Crippen MR) is 102 cm³/mol. The summed E-state index contributed by atoms with van der Waals surface area (Å²) in [5.74, 6) is -4.71. The molecule has 1 saturated carbocycles. The van der Waals surface area contributed by atoms with Crippen LogP contribution in [0.3, 0.4) is 0 Å². The fourth-order valence-electron chi connectivity index (χ4n) is 3.64. The Morgan fingerprint density at radius 2 is 2.03 bits per heavy atom. The van der Waals surface area contributed by atoms with Crippen molar-refractivity contribution in [1.82, 2.24) is 9.78 Å². The van der Waals surface area contributed by atoms with Gasteiger partial charge in [-0.1, -0.05) is 6.07 Å². The molecule has 2 aromatic rings. The van der Waals surface area contributed by atoms with Gasteiger partial charge in [0.25, 0.3) is 5.91 Å². The molecule has 0 saturated heterocycles. The molecular weight excluding hydrogens is 445 g/mol. The largest absolute Gasteiger partial charge is 0.420 e. The summed E-state index contributed by atoms with van der Waals surface area (Å²) < 4.78 is 91.9. The number of amides is 1. The van der Waals surface area contributed by atoms with Gasteiger partial charge >= 0.3 is 6.18 Å². The van der Waals surface area contributed by atoms with Crippen LogP contribution >= 0.6 is 0 Å². The van der Waals surface area contributed by atoms with Gasteiger partial charge in [0.1, 0.15) is 11.3 Å². The van der Waals surface area contributed by atoms with E-state index in [2.05, 4.69) is 10.4 Å². The standard InChI is InChI=1S/C19H20F5N3O3S/c1-31(29,30)14-6-2-5-13(8-14)26-17(28)16-15(19(22,23)24)10-25-27(16)11-12-4-3-7-18(20,21)9-12/h2,5-6,8,10,12H,3-4,7,9,11H2,1H3,(H,26,28). The highest BCUT2D eigenvalue weighted by molar-refractivity contribution is 7.90. The molecule has 1 aliphatic carbocycles. The Balaban J connectivity index is 1.91. The van der Waals surface area contributed by atoms with Crippen molar-refractivity contribution in [2.75, 3.05) is 11.6 Å². The lowest BCUT2D eigenvalue weighted by Crippen LogP contribution is -2.30. The van der Waals surface area contributed by atoms with Crippen LogP contribution in [0.1, 0.15) is 41.7 Å². The minimum Gasteiger partial charge on any atom is -0.321 e. The summed E-state index contributed by atoms with van der Waals surface area (Å²) in [6.07, 6.45) is -3.62. The molecule has 1 heterocycles. The van der Waals surface area contributed by atoms with E-state index in [1.54, 1.807) is 0 Å². The van der Waals surface area contributed by atoms with Gasteiger partial charge in [0.15, 0.2) is 9.84 Å². The van der Waals surface area contributed by atoms with Crippen molar-refractivity contribution in [3.63, 3.8) is 0 Å². The van der Waals surface area contributed by atoms with Gasteiger partial charge in [0, 0.05) is 31.3 Å². The highest BCUT2D eigenvalue weighted by Gasteiger charge is 2.40. The van der Waals surface area contributed by atoms with Crippen LogP contribution in [-0.2, 0) is 22.6 Å². The molecule has 1 atom stereocenters. The lowest BCUT2D eigenvalue weighted by atomic mass is 9.86. The zero-order chi connectivity index (χ0) is 23.0. The quantitative estimate of drug-likeness (QED) is 0.665. The third-order valence-electron chi connectivity index (χ3n) is 5.05. The van der Waals surface area contributed by atoms with Crippen LogP contribution in [0.4, 0.5) is 27.6 Å². The summed E-state index contributed by atoms with van der Waals surface area (Å²) in [6.45, 7) is -0.266. The molecule has 1 aromatic carbocycles. The Hall–Kier alpha value is -2.50. The fraction of sp³-hybridized carbons (Fsp3) is 0.474. The highest BCUT2D eigenvalue weighted by Crippen LogP contribution is 2.38. The number of nitrogens with zero attached hydrogens (tertiary/aromatic N) is 2. The molecule has 31 heavy (non-hydrogen) atoms. The Morgan fingerprint density at radius 3 is 2.65 bits per heavy atom. The molecule has 12 heteroatoms. The molecule has 1 aromatic heterocycles. The number of rotatable bonds is 5. The molecule has 0 spiro atoms. The number of hydrogen-bond donors (Lipinski definition) is 1. The number of alkyl halides is 5. The van der Waals surface area contributed by atoms with Crippen molar-refractivity contribution >= 4 is 21.4 Å². The van der Waals surface area contributed by atoms with E-state index in [9.17, 15) is 35.2 Å². The van der Waals surface area contributed by atoms with Gasteiger partial charge in [-0.15, -0.1) is 0 Å². The van der Waals surface area contributed by atoms with Gasteiger partial charge in [-0.25, -0.2) is 17.2 Å². The number of anilines is 1. The Labute approximate surface area is 175 Å². The molecule has 170 valence electrons. The maximum Gasteiger partial charge on any atom is 0.420 e. The van der Waals surface area contributed by atoms with E-state index in [-0.39, 0.29) is 30.0 Å². The maximum absolute atomic E-state index is 13.7. The van der Waals surface area contributed by atoms with Crippen LogP contribution in [0.15, 0.2) is 35.4 Å². The van der Waals surface area contributed by atoms with Crippen molar-refractivity contribution in [3.8, 4) is 0 Å². The van der Waals surface area contributed by atoms with Crippen LogP contribution in [0.2, 0.25) is 0 Å². The average molecular weight is 465 g/mol. The molecular formula is C19H20F5N3O3S. The summed E-state index contributed by atoms with van der Waals surface area (Å²) in [4.78, 5) is 12.6. The molecule has 0 radical (unpaired) electrons. The predicted octanol–water partition coefficient (Wildman–Crippen LogP) is 4.38. The number of halogens is 5. The van der Waals surface area contributed by atoms with E-state index >= 15 is 0 Å². The molecule has 6 nitrogen and oxygen atoms in total. The minimum atomic E-state index is -4.89. The van der Waals surface area contributed by atoms with E-state index in [4.69, 9.17) is 0 Å². The second-order valence-electron chi connectivity index (χ2n) is 7.66. The van der Waals surface area contributed by atoms with Crippen molar-refractivity contribution in [3.05, 3.63) is 41.7 Å². The van der Waals surface area contributed by atoms with Crippen molar-refractivity contribution in [2.24, 2.45) is 5.92 Å². The first-order valence-electron chi connectivity index (χ1n) is 9.38. The monoisotopic (exact) mass is 465 g/mol. The van der Waals surface area contributed by atoms with E-state index in [1.165, 1.54) is 18.2 Å². The molecule has 1 fully saturated rings. The number of carbonyl (C=O) groups excluding carboxylic acids is 1. The number of benzene rings is 1. The summed E-state index contributed by atoms with van der Waals surface area (Å²) in [5.41, 5.74) is -2.14. The van der Waals surface area contributed by atoms with Gasteiger partial charge in [0.05, 0.1) is 11.1 Å². The van der Waals surface area contributed by atoms with Gasteiger partial charge in [0.2, 0.25) is 5.92 Å². The first-order chi connectivity index (χ1) is 14.3. The second kappa shape index (κ2) is 8.21. The average Bonchev–Trinajstić information content (AvgIpc) is 3.04. The topological polar surface area (TPSA) is 81.1 Å². The van der Waals surface area contributed by atoms with E-state index in [0.717, 1.165) is 17.0 Å². The summed E-state index contributed by atoms with van der Waals surface area (Å²) >= 11 is 0. The Kier molecular flexibility index (Phi) is 6.14. The molecule has 0 bridgehead atoms. The lowest BCUT2D eigenvalue weighted by molar-refractivity contribution is -0.138. The SMILES string of the molecule is CS(=O)(=O)c1cccc(NC(=O)c2c(C(F)(F)F)cnn2CC2CCCC(F)(F)C2)c1. The lowest BCUT2D eigenvalue weighted by Gasteiger charge is -2.29. The second-order valence-corrected chi connectivity index (χ2v) is 9.67. The molecule has 1 amide bonds. The first-order valence-corrected chi connectivity index (χ1v) is 11.3. The number of sulfone groups is 1. The maximum atomic E-state index is 13.7. The zero-order valence-electron chi connectivity index (χ0n) is 16.4. The normalized spacial score (nSPS) is 19.2. The summed E-state index contributed by atoms with van der Waals surface area (Å²) in [6, 6.07) is 5.04. The van der Waals surface area contributed by atoms with E-state index < -0.39 is 51.4 Å². The summed E-state index contributed by atoms with van der Waals surface area (Å²) in [7, 11) is -3.60. The molecule has 0 aliphatic heterocycles. The van der Waals surface area contributed by atoms with Crippen LogP contribution in [0.5, 0.6) is 0 Å². The molecule has 1 N–H and O–H groups in total. The van der Waals surface area contributed by atoms with Crippen molar-refractivity contribution in [1.29, 1.82) is 0 Å². The number of nitrogens with one attached hydrogen (secondary N) is 1.